The molecule has 0 unspecified atom stereocenters. The van der Waals surface area contributed by atoms with Gasteiger partial charge in [-0.05, 0) is 19.1 Å². The normalized spacial score (nSPS) is 11.5. The Bertz CT molecular complexity index is 589. The number of carbonyl (C=O) groups excluding carboxylic acids is 1. The summed E-state index contributed by atoms with van der Waals surface area (Å²) in [5.41, 5.74) is 0.158. The van der Waals surface area contributed by atoms with Crippen LogP contribution >= 0.6 is 0 Å². The monoisotopic (exact) mass is 260 g/mol. The number of amides is 1. The fourth-order valence-corrected chi connectivity index (χ4v) is 1.76. The number of nitrogens with zero attached hydrogens (tertiary/aromatic N) is 1. The molecule has 1 aromatic carbocycles. The van der Waals surface area contributed by atoms with Crippen molar-refractivity contribution in [2.45, 2.75) is 12.5 Å². The quantitative estimate of drug-likeness (QED) is 0.756. The molecule has 0 aliphatic heterocycles. The third-order valence-electron chi connectivity index (χ3n) is 3.01. The molecule has 1 aromatic heterocycles. The molecule has 1 amide bonds. The molecule has 5 nitrogen and oxygen atoms in total. The third kappa shape index (κ3) is 2.72. The number of para-hydroxylation sites is 1. The van der Waals surface area contributed by atoms with Gasteiger partial charge in [-0.3, -0.25) is 9.78 Å². The highest BCUT2D eigenvalue weighted by Crippen LogP contribution is 2.16. The Morgan fingerprint density at radius 1 is 1.26 bits per heavy atom. The SMILES string of the molecule is CC(CO)(CO)NC(=O)c1ccnc2ccccc12. The van der Waals surface area contributed by atoms with Crippen LogP contribution in [0.3, 0.4) is 0 Å². The van der Waals surface area contributed by atoms with E-state index in [9.17, 15) is 15.0 Å². The van der Waals surface area contributed by atoms with Gasteiger partial charge in [0.05, 0.1) is 29.8 Å². The number of aliphatic hydroxyl groups excluding tert-OH is 2. The lowest BCUT2D eigenvalue weighted by atomic mass is 10.0. The second kappa shape index (κ2) is 5.34. The van der Waals surface area contributed by atoms with Crippen molar-refractivity contribution in [3.05, 3.63) is 42.1 Å². The number of rotatable bonds is 4. The largest absolute Gasteiger partial charge is 0.394 e. The number of fused-ring (bicyclic) bond motifs is 1. The highest BCUT2D eigenvalue weighted by Gasteiger charge is 2.25. The van der Waals surface area contributed by atoms with Crippen molar-refractivity contribution < 1.29 is 15.0 Å². The van der Waals surface area contributed by atoms with Gasteiger partial charge in [0.15, 0.2) is 0 Å². The molecule has 2 aromatic rings. The molecule has 0 aliphatic carbocycles. The summed E-state index contributed by atoms with van der Waals surface area (Å²) in [5.74, 6) is -0.343. The molecular weight excluding hydrogens is 244 g/mol. The fourth-order valence-electron chi connectivity index (χ4n) is 1.76. The Kier molecular flexibility index (Phi) is 3.78. The van der Waals surface area contributed by atoms with Crippen molar-refractivity contribution in [2.75, 3.05) is 13.2 Å². The summed E-state index contributed by atoms with van der Waals surface area (Å²) < 4.78 is 0. The average molecular weight is 260 g/mol. The van der Waals surface area contributed by atoms with Crippen LogP contribution in [0.1, 0.15) is 17.3 Å². The Hall–Kier alpha value is -1.98. The van der Waals surface area contributed by atoms with Crippen LogP contribution in [0.2, 0.25) is 0 Å². The predicted octanol–water partition coefficient (Wildman–Crippen LogP) is 0.708. The highest BCUT2D eigenvalue weighted by molar-refractivity contribution is 6.06. The molecule has 0 radical (unpaired) electrons. The van der Waals surface area contributed by atoms with E-state index in [1.54, 1.807) is 19.2 Å². The molecule has 1 heterocycles. The first-order chi connectivity index (χ1) is 9.09. The summed E-state index contributed by atoms with van der Waals surface area (Å²) in [5, 5.41) is 21.8. The molecule has 100 valence electrons. The van der Waals surface area contributed by atoms with Gasteiger partial charge >= 0.3 is 0 Å². The standard InChI is InChI=1S/C14H16N2O3/c1-14(8-17,9-18)16-13(19)11-6-7-15-12-5-3-2-4-10(11)12/h2-7,17-18H,8-9H2,1H3,(H,16,19). The van der Waals surface area contributed by atoms with Gasteiger partial charge in [0.1, 0.15) is 0 Å². The number of hydrogen-bond acceptors (Lipinski definition) is 4. The third-order valence-corrected chi connectivity index (χ3v) is 3.01. The van der Waals surface area contributed by atoms with E-state index in [0.29, 0.717) is 5.56 Å². The van der Waals surface area contributed by atoms with Gasteiger partial charge in [0.2, 0.25) is 0 Å². The number of benzene rings is 1. The lowest BCUT2D eigenvalue weighted by Gasteiger charge is -2.26. The maximum atomic E-state index is 12.2. The second-order valence-electron chi connectivity index (χ2n) is 4.71. The van der Waals surface area contributed by atoms with E-state index in [-0.39, 0.29) is 19.1 Å². The van der Waals surface area contributed by atoms with Crippen molar-refractivity contribution in [2.24, 2.45) is 0 Å². The molecule has 19 heavy (non-hydrogen) atoms. The molecule has 0 atom stereocenters. The van der Waals surface area contributed by atoms with Crippen LogP contribution in [0.15, 0.2) is 36.5 Å². The Morgan fingerprint density at radius 2 is 1.95 bits per heavy atom. The molecule has 5 heteroatoms. The van der Waals surface area contributed by atoms with Gasteiger partial charge in [-0.2, -0.15) is 0 Å². The zero-order chi connectivity index (χ0) is 13.9. The zero-order valence-corrected chi connectivity index (χ0v) is 10.6. The lowest BCUT2D eigenvalue weighted by Crippen LogP contribution is -2.51. The van der Waals surface area contributed by atoms with Crippen LogP contribution in [-0.2, 0) is 0 Å². The fraction of sp³-hybridized carbons (Fsp3) is 0.286. The van der Waals surface area contributed by atoms with Crippen LogP contribution in [0.4, 0.5) is 0 Å². The van der Waals surface area contributed by atoms with Gasteiger partial charge in [0, 0.05) is 11.6 Å². The molecule has 0 saturated heterocycles. The van der Waals surface area contributed by atoms with Crippen molar-refractivity contribution in [3.8, 4) is 0 Å². The van der Waals surface area contributed by atoms with E-state index in [2.05, 4.69) is 10.3 Å². The summed E-state index contributed by atoms with van der Waals surface area (Å²) in [6, 6.07) is 8.93. The number of pyridine rings is 1. The number of aliphatic hydroxyl groups is 2. The van der Waals surface area contributed by atoms with Crippen molar-refractivity contribution in [1.82, 2.24) is 10.3 Å². The van der Waals surface area contributed by atoms with E-state index in [1.807, 2.05) is 24.3 Å². The lowest BCUT2D eigenvalue weighted by molar-refractivity contribution is 0.0725. The highest BCUT2D eigenvalue weighted by atomic mass is 16.3. The molecule has 2 rings (SSSR count). The first-order valence-corrected chi connectivity index (χ1v) is 5.97. The number of aromatic nitrogens is 1. The molecule has 3 N–H and O–H groups in total. The molecule has 0 fully saturated rings. The smallest absolute Gasteiger partial charge is 0.252 e. The minimum atomic E-state index is -1.04. The van der Waals surface area contributed by atoms with Gasteiger partial charge in [-0.1, -0.05) is 18.2 Å². The van der Waals surface area contributed by atoms with Gasteiger partial charge in [-0.25, -0.2) is 0 Å². The molecule has 0 aliphatic rings. The summed E-state index contributed by atoms with van der Waals surface area (Å²) in [7, 11) is 0. The number of hydrogen-bond donors (Lipinski definition) is 3. The summed E-state index contributed by atoms with van der Waals surface area (Å²) in [6.45, 7) is 0.908. The van der Waals surface area contributed by atoms with Crippen molar-refractivity contribution >= 4 is 16.8 Å². The van der Waals surface area contributed by atoms with Crippen LogP contribution in [-0.4, -0.2) is 39.9 Å². The van der Waals surface area contributed by atoms with Crippen LogP contribution < -0.4 is 5.32 Å². The summed E-state index contributed by atoms with van der Waals surface area (Å²) in [6.07, 6.45) is 1.56. The molecular formula is C14H16N2O3. The maximum Gasteiger partial charge on any atom is 0.252 e. The van der Waals surface area contributed by atoms with Crippen LogP contribution in [0, 0.1) is 0 Å². The minimum Gasteiger partial charge on any atom is -0.394 e. The molecule has 0 saturated carbocycles. The van der Waals surface area contributed by atoms with Crippen molar-refractivity contribution in [1.29, 1.82) is 0 Å². The van der Waals surface area contributed by atoms with E-state index < -0.39 is 5.54 Å². The van der Waals surface area contributed by atoms with Gasteiger partial charge < -0.3 is 15.5 Å². The van der Waals surface area contributed by atoms with Gasteiger partial charge in [-0.15, -0.1) is 0 Å². The Labute approximate surface area is 110 Å². The Balaban J connectivity index is 2.37. The maximum absolute atomic E-state index is 12.2. The van der Waals surface area contributed by atoms with Gasteiger partial charge in [0.25, 0.3) is 5.91 Å². The average Bonchev–Trinajstić information content (AvgIpc) is 2.46. The molecule has 0 bridgehead atoms. The topological polar surface area (TPSA) is 82.5 Å². The summed E-state index contributed by atoms with van der Waals surface area (Å²) in [4.78, 5) is 16.4. The predicted molar refractivity (Wildman–Crippen MR) is 71.8 cm³/mol. The molecule has 0 spiro atoms. The van der Waals surface area contributed by atoms with E-state index in [0.717, 1.165) is 10.9 Å². The van der Waals surface area contributed by atoms with E-state index in [1.165, 1.54) is 0 Å². The summed E-state index contributed by atoms with van der Waals surface area (Å²) >= 11 is 0. The number of nitrogens with one attached hydrogen (secondary N) is 1. The first-order valence-electron chi connectivity index (χ1n) is 5.97. The van der Waals surface area contributed by atoms with Crippen molar-refractivity contribution in [3.63, 3.8) is 0 Å². The zero-order valence-electron chi connectivity index (χ0n) is 10.6. The first kappa shape index (κ1) is 13.5. The Morgan fingerprint density at radius 3 is 2.63 bits per heavy atom. The minimum absolute atomic E-state index is 0.335. The van der Waals surface area contributed by atoms with Crippen LogP contribution in [0.5, 0.6) is 0 Å². The van der Waals surface area contributed by atoms with E-state index in [4.69, 9.17) is 0 Å². The second-order valence-corrected chi connectivity index (χ2v) is 4.71. The van der Waals surface area contributed by atoms with E-state index >= 15 is 0 Å². The van der Waals surface area contributed by atoms with Crippen LogP contribution in [0.25, 0.3) is 10.9 Å². The number of carbonyl (C=O) groups is 1.